The van der Waals surface area contributed by atoms with Crippen LogP contribution >= 0.6 is 12.2 Å². The molecule has 140 valence electrons. The van der Waals surface area contributed by atoms with E-state index < -0.39 is 17.5 Å². The maximum atomic E-state index is 13.4. The number of nitrogens with one attached hydrogen (secondary N) is 3. The molecular weight excluding hydrogens is 360 g/mol. The van der Waals surface area contributed by atoms with Gasteiger partial charge in [-0.2, -0.15) is 5.01 Å². The van der Waals surface area contributed by atoms with Crippen molar-refractivity contribution in [3.63, 3.8) is 0 Å². The first-order valence-corrected chi connectivity index (χ1v) is 9.32. The van der Waals surface area contributed by atoms with Crippen LogP contribution in [0.1, 0.15) is 30.9 Å². The molecule has 2 aromatic rings. The normalized spacial score (nSPS) is 15.4. The van der Waals surface area contributed by atoms with Crippen LogP contribution in [0.5, 0.6) is 0 Å². The number of carbonyl (C=O) groups excluding carboxylic acids is 2. The van der Waals surface area contributed by atoms with E-state index in [-0.39, 0.29) is 5.11 Å². The molecule has 1 saturated heterocycles. The molecule has 6 nitrogen and oxygen atoms in total. The van der Waals surface area contributed by atoms with Crippen LogP contribution in [0.25, 0.3) is 0 Å². The average molecular weight is 382 g/mol. The minimum absolute atomic E-state index is 0.240. The molecule has 7 heteroatoms. The quantitative estimate of drug-likeness (QED) is 0.407. The monoisotopic (exact) mass is 382 g/mol. The lowest BCUT2D eigenvalue weighted by molar-refractivity contribution is -0.131. The van der Waals surface area contributed by atoms with Gasteiger partial charge in [0.15, 0.2) is 10.7 Å². The highest BCUT2D eigenvalue weighted by Gasteiger charge is 2.54. The average Bonchev–Trinajstić information content (AvgIpc) is 2.95. The maximum absolute atomic E-state index is 13.4. The summed E-state index contributed by atoms with van der Waals surface area (Å²) >= 11 is 5.22. The number of amides is 3. The first kappa shape index (κ1) is 18.8. The van der Waals surface area contributed by atoms with Gasteiger partial charge in [-0.05, 0) is 29.8 Å². The van der Waals surface area contributed by atoms with Gasteiger partial charge in [-0.1, -0.05) is 74.0 Å². The van der Waals surface area contributed by atoms with Crippen LogP contribution in [-0.2, 0) is 10.3 Å². The Morgan fingerprint density at radius 3 is 2.11 bits per heavy atom. The molecule has 1 aliphatic heterocycles. The number of unbranched alkanes of at least 4 members (excludes halogenated alkanes) is 1. The summed E-state index contributed by atoms with van der Waals surface area (Å²) in [6, 6.07) is 17.8. The van der Waals surface area contributed by atoms with Crippen LogP contribution in [0.15, 0.2) is 60.7 Å². The van der Waals surface area contributed by atoms with Crippen molar-refractivity contribution < 1.29 is 9.59 Å². The van der Waals surface area contributed by atoms with Gasteiger partial charge in [0.25, 0.3) is 5.91 Å². The van der Waals surface area contributed by atoms with Gasteiger partial charge in [-0.3, -0.25) is 10.2 Å². The van der Waals surface area contributed by atoms with E-state index in [4.69, 9.17) is 12.2 Å². The topological polar surface area (TPSA) is 73.5 Å². The lowest BCUT2D eigenvalue weighted by Crippen LogP contribution is -2.52. The Balaban J connectivity index is 1.93. The Labute approximate surface area is 163 Å². The molecule has 27 heavy (non-hydrogen) atoms. The molecule has 3 N–H and O–H groups in total. The smallest absolute Gasteiger partial charge is 0.344 e. The molecule has 1 aliphatic rings. The minimum atomic E-state index is -1.30. The minimum Gasteiger partial charge on any atom is -0.361 e. The third-order valence-electron chi connectivity index (χ3n) is 4.46. The van der Waals surface area contributed by atoms with Crippen molar-refractivity contribution in [2.45, 2.75) is 25.3 Å². The van der Waals surface area contributed by atoms with Crippen LogP contribution in [0.2, 0.25) is 0 Å². The number of nitrogens with zero attached hydrogens (tertiary/aromatic N) is 1. The fourth-order valence-corrected chi connectivity index (χ4v) is 3.28. The van der Waals surface area contributed by atoms with Crippen molar-refractivity contribution in [1.82, 2.24) is 21.1 Å². The molecule has 0 aromatic heterocycles. The number of rotatable bonds is 6. The zero-order valence-corrected chi connectivity index (χ0v) is 15.9. The number of hydrogen-bond donors (Lipinski definition) is 3. The second-order valence-corrected chi connectivity index (χ2v) is 6.68. The van der Waals surface area contributed by atoms with Gasteiger partial charge in [0, 0.05) is 6.54 Å². The second-order valence-electron chi connectivity index (χ2n) is 6.27. The molecular formula is C20H22N4O2S. The lowest BCUT2D eigenvalue weighted by Gasteiger charge is -2.28. The highest BCUT2D eigenvalue weighted by atomic mass is 32.1. The standard InChI is InChI=1S/C20H22N4O2S/c1-2-3-14-21-18(27)23-24-17(25)20(22-19(24)26,15-10-6-4-7-11-15)16-12-8-5-9-13-16/h4-13H,2-3,14H2,1H3,(H,22,26)(H2,21,23,27). The summed E-state index contributed by atoms with van der Waals surface area (Å²) in [5.41, 5.74) is 2.79. The van der Waals surface area contributed by atoms with E-state index in [1.165, 1.54) is 0 Å². The Bertz CT molecular complexity index is 787. The zero-order chi connectivity index (χ0) is 19.3. The van der Waals surface area contributed by atoms with Gasteiger partial charge in [0.05, 0.1) is 0 Å². The fraction of sp³-hybridized carbons (Fsp3) is 0.250. The van der Waals surface area contributed by atoms with Crippen molar-refractivity contribution in [1.29, 1.82) is 0 Å². The van der Waals surface area contributed by atoms with Crippen LogP contribution in [0, 0.1) is 0 Å². The van der Waals surface area contributed by atoms with E-state index in [0.717, 1.165) is 17.9 Å². The first-order chi connectivity index (χ1) is 13.1. The second kappa shape index (κ2) is 8.18. The van der Waals surface area contributed by atoms with E-state index in [2.05, 4.69) is 23.0 Å². The van der Waals surface area contributed by atoms with Crippen molar-refractivity contribution in [3.05, 3.63) is 71.8 Å². The van der Waals surface area contributed by atoms with Crippen molar-refractivity contribution in [2.75, 3.05) is 6.54 Å². The number of carbonyl (C=O) groups is 2. The lowest BCUT2D eigenvalue weighted by atomic mass is 9.83. The number of benzene rings is 2. The summed E-state index contributed by atoms with van der Waals surface area (Å²) < 4.78 is 0. The number of hydrogen-bond acceptors (Lipinski definition) is 3. The van der Waals surface area contributed by atoms with Gasteiger partial charge in [-0.25, -0.2) is 4.79 Å². The predicted molar refractivity (Wildman–Crippen MR) is 108 cm³/mol. The highest BCUT2D eigenvalue weighted by molar-refractivity contribution is 7.80. The van der Waals surface area contributed by atoms with Gasteiger partial charge in [-0.15, -0.1) is 0 Å². The summed E-state index contributed by atoms with van der Waals surface area (Å²) in [7, 11) is 0. The van der Waals surface area contributed by atoms with E-state index >= 15 is 0 Å². The predicted octanol–water partition coefficient (Wildman–Crippen LogP) is 2.66. The summed E-state index contributed by atoms with van der Waals surface area (Å²) in [6.07, 6.45) is 1.96. The Kier molecular flexibility index (Phi) is 5.71. The molecule has 0 unspecified atom stereocenters. The largest absolute Gasteiger partial charge is 0.361 e. The first-order valence-electron chi connectivity index (χ1n) is 8.92. The molecule has 3 rings (SSSR count). The third kappa shape index (κ3) is 3.64. The van der Waals surface area contributed by atoms with Gasteiger partial charge < -0.3 is 10.6 Å². The van der Waals surface area contributed by atoms with Crippen molar-refractivity contribution >= 4 is 29.3 Å². The number of imide groups is 1. The summed E-state index contributed by atoms with van der Waals surface area (Å²) in [5.74, 6) is -0.426. The SMILES string of the molecule is CCCCNC(=S)NN1C(=O)NC(c2ccccc2)(c2ccccc2)C1=O. The molecule has 0 spiro atoms. The fourth-order valence-electron chi connectivity index (χ4n) is 3.09. The van der Waals surface area contributed by atoms with E-state index in [9.17, 15) is 9.59 Å². The molecule has 0 aliphatic carbocycles. The number of urea groups is 1. The highest BCUT2D eigenvalue weighted by Crippen LogP contribution is 2.35. The van der Waals surface area contributed by atoms with E-state index in [1.54, 1.807) is 0 Å². The Hall–Kier alpha value is -2.93. The summed E-state index contributed by atoms with van der Waals surface area (Å²) in [6.45, 7) is 2.75. The summed E-state index contributed by atoms with van der Waals surface area (Å²) in [4.78, 5) is 26.1. The third-order valence-corrected chi connectivity index (χ3v) is 4.70. The van der Waals surface area contributed by atoms with Crippen molar-refractivity contribution in [3.8, 4) is 0 Å². The van der Waals surface area contributed by atoms with Gasteiger partial charge >= 0.3 is 6.03 Å². The molecule has 0 bridgehead atoms. The number of thiocarbonyl (C=S) groups is 1. The van der Waals surface area contributed by atoms with Crippen LogP contribution in [-0.4, -0.2) is 28.6 Å². The number of hydrazine groups is 1. The Morgan fingerprint density at radius 2 is 1.59 bits per heavy atom. The molecule has 2 aromatic carbocycles. The molecule has 3 amide bonds. The Morgan fingerprint density at radius 1 is 1.04 bits per heavy atom. The molecule has 0 radical (unpaired) electrons. The van der Waals surface area contributed by atoms with Gasteiger partial charge in [0.2, 0.25) is 0 Å². The maximum Gasteiger partial charge on any atom is 0.344 e. The summed E-state index contributed by atoms with van der Waals surface area (Å²) in [5, 5.41) is 7.05. The molecule has 0 saturated carbocycles. The molecule has 0 atom stereocenters. The zero-order valence-electron chi connectivity index (χ0n) is 15.1. The van der Waals surface area contributed by atoms with Crippen LogP contribution in [0.4, 0.5) is 4.79 Å². The van der Waals surface area contributed by atoms with E-state index in [1.807, 2.05) is 60.7 Å². The van der Waals surface area contributed by atoms with Crippen LogP contribution in [0.3, 0.4) is 0 Å². The van der Waals surface area contributed by atoms with Crippen molar-refractivity contribution in [2.24, 2.45) is 0 Å². The van der Waals surface area contributed by atoms with Crippen LogP contribution < -0.4 is 16.1 Å². The molecule has 1 fully saturated rings. The van der Waals surface area contributed by atoms with Gasteiger partial charge in [0.1, 0.15) is 0 Å². The molecule has 1 heterocycles. The van der Waals surface area contributed by atoms with E-state index in [0.29, 0.717) is 17.7 Å².